The van der Waals surface area contributed by atoms with E-state index in [1.165, 1.54) is 10.4 Å². The number of piperidine rings is 1. The Kier molecular flexibility index (Phi) is 4.29. The fraction of sp³-hybridized carbons (Fsp3) is 0.625. The van der Waals surface area contributed by atoms with Crippen molar-refractivity contribution in [2.75, 3.05) is 13.1 Å². The molecule has 1 aromatic heterocycles. The van der Waals surface area contributed by atoms with Crippen LogP contribution in [0.1, 0.15) is 43.0 Å². The van der Waals surface area contributed by atoms with Crippen LogP contribution in [-0.4, -0.2) is 40.7 Å². The molecule has 1 saturated heterocycles. The number of nitrogens with zero attached hydrogens (tertiary/aromatic N) is 2. The molecular formula is C16H22N2O2S. The van der Waals surface area contributed by atoms with Crippen LogP contribution < -0.4 is 0 Å². The molecule has 0 spiro atoms. The monoisotopic (exact) mass is 306 g/mol. The number of hydrogen-bond donors (Lipinski definition) is 0. The summed E-state index contributed by atoms with van der Waals surface area (Å²) in [5.74, 6) is 0.259. The zero-order valence-electron chi connectivity index (χ0n) is 12.5. The van der Waals surface area contributed by atoms with E-state index < -0.39 is 0 Å². The van der Waals surface area contributed by atoms with Crippen molar-refractivity contribution >= 4 is 23.2 Å². The van der Waals surface area contributed by atoms with E-state index in [2.05, 4.69) is 11.4 Å². The Labute approximate surface area is 129 Å². The first-order chi connectivity index (χ1) is 10.2. The van der Waals surface area contributed by atoms with Gasteiger partial charge in [-0.3, -0.25) is 9.59 Å². The van der Waals surface area contributed by atoms with Crippen LogP contribution in [0.4, 0.5) is 0 Å². The number of carbonyl (C=O) groups excluding carboxylic acids is 2. The highest BCUT2D eigenvalue weighted by Gasteiger charge is 2.35. The minimum Gasteiger partial charge on any atom is -0.336 e. The van der Waals surface area contributed by atoms with Gasteiger partial charge in [0.25, 0.3) is 0 Å². The zero-order valence-corrected chi connectivity index (χ0v) is 13.3. The molecule has 2 aliphatic rings. The van der Waals surface area contributed by atoms with Gasteiger partial charge < -0.3 is 9.80 Å². The summed E-state index contributed by atoms with van der Waals surface area (Å²) in [6, 6.07) is 1.89. The van der Waals surface area contributed by atoms with Crippen LogP contribution in [0.15, 0.2) is 11.4 Å². The molecule has 3 rings (SSSR count). The molecule has 21 heavy (non-hydrogen) atoms. The highest BCUT2D eigenvalue weighted by atomic mass is 32.1. The lowest BCUT2D eigenvalue weighted by atomic mass is 9.99. The maximum Gasteiger partial charge on any atom is 0.245 e. The molecule has 4 nitrogen and oxygen atoms in total. The van der Waals surface area contributed by atoms with Gasteiger partial charge in [-0.15, -0.1) is 11.3 Å². The third-order valence-electron chi connectivity index (χ3n) is 4.53. The van der Waals surface area contributed by atoms with Gasteiger partial charge in [0.15, 0.2) is 0 Å². The third kappa shape index (κ3) is 2.84. The molecule has 1 fully saturated rings. The van der Waals surface area contributed by atoms with Crippen molar-refractivity contribution in [1.82, 2.24) is 9.80 Å². The van der Waals surface area contributed by atoms with Crippen LogP contribution in [0.2, 0.25) is 0 Å². The van der Waals surface area contributed by atoms with Crippen LogP contribution in [-0.2, 0) is 22.6 Å². The fourth-order valence-corrected chi connectivity index (χ4v) is 4.23. The first-order valence-corrected chi connectivity index (χ1v) is 8.72. The lowest BCUT2D eigenvalue weighted by molar-refractivity contribution is -0.148. The largest absolute Gasteiger partial charge is 0.336 e. The summed E-state index contributed by atoms with van der Waals surface area (Å²) >= 11 is 1.78. The number of amides is 2. The molecule has 5 heteroatoms. The van der Waals surface area contributed by atoms with Gasteiger partial charge in [0, 0.05) is 30.9 Å². The predicted octanol–water partition coefficient (Wildman–Crippen LogP) is 2.42. The van der Waals surface area contributed by atoms with Crippen LogP contribution >= 0.6 is 11.3 Å². The SMILES string of the molecule is CCC(=O)N1CCCCC1C(=O)N1CCc2sccc2C1. The van der Waals surface area contributed by atoms with Crippen LogP contribution in [0.5, 0.6) is 0 Å². The number of thiophene rings is 1. The summed E-state index contributed by atoms with van der Waals surface area (Å²) in [5, 5.41) is 2.10. The molecule has 1 atom stereocenters. The van der Waals surface area contributed by atoms with Crippen molar-refractivity contribution in [1.29, 1.82) is 0 Å². The first kappa shape index (κ1) is 14.6. The summed E-state index contributed by atoms with van der Waals surface area (Å²) in [7, 11) is 0. The summed E-state index contributed by atoms with van der Waals surface area (Å²) in [6.45, 7) is 4.11. The molecule has 0 bridgehead atoms. The van der Waals surface area contributed by atoms with Crippen molar-refractivity contribution in [3.8, 4) is 0 Å². The van der Waals surface area contributed by atoms with E-state index in [0.29, 0.717) is 13.0 Å². The van der Waals surface area contributed by atoms with Crippen LogP contribution in [0, 0.1) is 0 Å². The normalized spacial score (nSPS) is 22.0. The standard InChI is InChI=1S/C16H22N2O2S/c1-2-15(19)18-8-4-3-5-13(18)16(20)17-9-6-14-12(11-17)7-10-21-14/h7,10,13H,2-6,8-9,11H2,1H3. The molecule has 0 saturated carbocycles. The van der Waals surface area contributed by atoms with Gasteiger partial charge in [0.2, 0.25) is 11.8 Å². The van der Waals surface area contributed by atoms with E-state index in [1.807, 2.05) is 16.7 Å². The molecule has 3 heterocycles. The van der Waals surface area contributed by atoms with E-state index >= 15 is 0 Å². The maximum absolute atomic E-state index is 12.9. The van der Waals surface area contributed by atoms with Crippen molar-refractivity contribution in [3.05, 3.63) is 21.9 Å². The molecule has 0 radical (unpaired) electrons. The van der Waals surface area contributed by atoms with Crippen LogP contribution in [0.25, 0.3) is 0 Å². The summed E-state index contributed by atoms with van der Waals surface area (Å²) in [5.41, 5.74) is 1.28. The average molecular weight is 306 g/mol. The Balaban J connectivity index is 1.73. The molecular weight excluding hydrogens is 284 g/mol. The highest BCUT2D eigenvalue weighted by molar-refractivity contribution is 7.10. The molecule has 114 valence electrons. The van der Waals surface area contributed by atoms with Gasteiger partial charge in [-0.05, 0) is 42.7 Å². The van der Waals surface area contributed by atoms with E-state index in [-0.39, 0.29) is 17.9 Å². The number of hydrogen-bond acceptors (Lipinski definition) is 3. The van der Waals surface area contributed by atoms with Crippen molar-refractivity contribution in [3.63, 3.8) is 0 Å². The second kappa shape index (κ2) is 6.18. The van der Waals surface area contributed by atoms with E-state index in [1.54, 1.807) is 11.3 Å². The molecule has 0 N–H and O–H groups in total. The van der Waals surface area contributed by atoms with Gasteiger partial charge in [0.1, 0.15) is 6.04 Å². The Hall–Kier alpha value is -1.36. The fourth-order valence-electron chi connectivity index (χ4n) is 3.34. The average Bonchev–Trinajstić information content (AvgIpc) is 3.01. The highest BCUT2D eigenvalue weighted by Crippen LogP contribution is 2.26. The van der Waals surface area contributed by atoms with Gasteiger partial charge in [-0.25, -0.2) is 0 Å². The third-order valence-corrected chi connectivity index (χ3v) is 5.55. The molecule has 1 aromatic rings. The van der Waals surface area contributed by atoms with Crippen molar-refractivity contribution < 1.29 is 9.59 Å². The Morgan fingerprint density at radius 2 is 2.19 bits per heavy atom. The van der Waals surface area contributed by atoms with Gasteiger partial charge in [-0.1, -0.05) is 6.92 Å². The van der Waals surface area contributed by atoms with Gasteiger partial charge in [0.05, 0.1) is 0 Å². The zero-order chi connectivity index (χ0) is 14.8. The minimum atomic E-state index is -0.230. The predicted molar refractivity (Wildman–Crippen MR) is 83.1 cm³/mol. The number of fused-ring (bicyclic) bond motifs is 1. The summed E-state index contributed by atoms with van der Waals surface area (Å²) in [4.78, 5) is 30.1. The summed E-state index contributed by atoms with van der Waals surface area (Å²) in [6.07, 6.45) is 4.31. The van der Waals surface area contributed by atoms with Gasteiger partial charge >= 0.3 is 0 Å². The van der Waals surface area contributed by atoms with E-state index in [0.717, 1.165) is 38.8 Å². The van der Waals surface area contributed by atoms with Crippen LogP contribution in [0.3, 0.4) is 0 Å². The topological polar surface area (TPSA) is 40.6 Å². The number of rotatable bonds is 2. The lowest BCUT2D eigenvalue weighted by Gasteiger charge is -2.38. The van der Waals surface area contributed by atoms with E-state index in [4.69, 9.17) is 0 Å². The molecule has 0 aliphatic carbocycles. The van der Waals surface area contributed by atoms with Gasteiger partial charge in [-0.2, -0.15) is 0 Å². The molecule has 1 unspecified atom stereocenters. The lowest BCUT2D eigenvalue weighted by Crippen LogP contribution is -2.53. The summed E-state index contributed by atoms with van der Waals surface area (Å²) < 4.78 is 0. The Morgan fingerprint density at radius 3 is 3.00 bits per heavy atom. The maximum atomic E-state index is 12.9. The minimum absolute atomic E-state index is 0.112. The number of likely N-dealkylation sites (tertiary alicyclic amines) is 1. The second-order valence-electron chi connectivity index (χ2n) is 5.83. The second-order valence-corrected chi connectivity index (χ2v) is 6.83. The smallest absolute Gasteiger partial charge is 0.245 e. The van der Waals surface area contributed by atoms with E-state index in [9.17, 15) is 9.59 Å². The quantitative estimate of drug-likeness (QED) is 0.842. The van der Waals surface area contributed by atoms with Crippen molar-refractivity contribution in [2.45, 2.75) is 51.6 Å². The molecule has 0 aromatic carbocycles. The molecule has 2 aliphatic heterocycles. The first-order valence-electron chi connectivity index (χ1n) is 7.84. The number of carbonyl (C=O) groups is 2. The Bertz CT molecular complexity index is 540. The Morgan fingerprint density at radius 1 is 1.33 bits per heavy atom. The van der Waals surface area contributed by atoms with Crippen molar-refractivity contribution in [2.24, 2.45) is 0 Å². The molecule has 2 amide bonds.